The van der Waals surface area contributed by atoms with Crippen molar-refractivity contribution in [3.8, 4) is 16.9 Å². The van der Waals surface area contributed by atoms with Crippen LogP contribution in [-0.4, -0.2) is 37.4 Å². The Kier molecular flexibility index (Phi) is 5.23. The fourth-order valence-electron chi connectivity index (χ4n) is 3.68. The molecule has 6 heteroatoms. The van der Waals surface area contributed by atoms with E-state index < -0.39 is 0 Å². The number of hydrogen-bond donors (Lipinski definition) is 0. The lowest BCUT2D eigenvalue weighted by Crippen LogP contribution is -2.27. The minimum atomic E-state index is -0.0374. The van der Waals surface area contributed by atoms with Gasteiger partial charge in [-0.1, -0.05) is 48.5 Å². The maximum atomic E-state index is 13.2. The lowest BCUT2D eigenvalue weighted by atomic mass is 10.1. The van der Waals surface area contributed by atoms with E-state index in [2.05, 4.69) is 5.10 Å². The number of hydrogen-bond acceptors (Lipinski definition) is 3. The first kappa shape index (κ1) is 19.6. The molecule has 2 heterocycles. The van der Waals surface area contributed by atoms with Gasteiger partial charge in [0.25, 0.3) is 5.91 Å². The number of benzene rings is 2. The highest BCUT2D eigenvalue weighted by molar-refractivity contribution is 5.96. The summed E-state index contributed by atoms with van der Waals surface area (Å²) >= 11 is 0. The smallest absolute Gasteiger partial charge is 0.257 e. The van der Waals surface area contributed by atoms with Crippen LogP contribution in [-0.2, 0) is 13.6 Å². The monoisotopic (exact) mass is 399 g/mol. The van der Waals surface area contributed by atoms with E-state index in [0.29, 0.717) is 12.1 Å². The van der Waals surface area contributed by atoms with Crippen molar-refractivity contribution in [2.45, 2.75) is 20.4 Å². The van der Waals surface area contributed by atoms with E-state index in [1.54, 1.807) is 9.58 Å². The average molecular weight is 399 g/mol. The van der Waals surface area contributed by atoms with Crippen LogP contribution in [0.4, 0.5) is 0 Å². The highest BCUT2D eigenvalue weighted by atomic mass is 16.2. The Balaban J connectivity index is 1.70. The summed E-state index contributed by atoms with van der Waals surface area (Å²) in [5.41, 5.74) is 6.14. The van der Waals surface area contributed by atoms with Crippen molar-refractivity contribution in [3.63, 3.8) is 0 Å². The first-order chi connectivity index (χ1) is 14.5. The van der Waals surface area contributed by atoms with Gasteiger partial charge in [-0.15, -0.1) is 0 Å². The third kappa shape index (κ3) is 3.64. The molecule has 2 aromatic heterocycles. The molecule has 0 atom stereocenters. The molecule has 0 spiro atoms. The Hall–Kier alpha value is -3.67. The summed E-state index contributed by atoms with van der Waals surface area (Å²) in [7, 11) is 3.68. The van der Waals surface area contributed by atoms with Gasteiger partial charge in [-0.2, -0.15) is 10.2 Å². The van der Waals surface area contributed by atoms with Gasteiger partial charge in [0.2, 0.25) is 0 Å². The van der Waals surface area contributed by atoms with Crippen LogP contribution >= 0.6 is 0 Å². The Morgan fingerprint density at radius 2 is 1.60 bits per heavy atom. The quantitative estimate of drug-likeness (QED) is 0.506. The molecule has 0 bridgehead atoms. The van der Waals surface area contributed by atoms with Crippen molar-refractivity contribution in [2.75, 3.05) is 7.05 Å². The molecule has 0 aliphatic heterocycles. The number of aromatic nitrogens is 4. The van der Waals surface area contributed by atoms with E-state index in [9.17, 15) is 4.79 Å². The zero-order valence-corrected chi connectivity index (χ0v) is 17.7. The third-order valence-electron chi connectivity index (χ3n) is 5.34. The van der Waals surface area contributed by atoms with Gasteiger partial charge in [-0.25, -0.2) is 4.68 Å². The van der Waals surface area contributed by atoms with Crippen LogP contribution in [0.15, 0.2) is 66.9 Å². The summed E-state index contributed by atoms with van der Waals surface area (Å²) < 4.78 is 3.62. The van der Waals surface area contributed by atoms with E-state index in [4.69, 9.17) is 5.10 Å². The highest BCUT2D eigenvalue weighted by Crippen LogP contribution is 2.25. The Labute approximate surface area is 176 Å². The van der Waals surface area contributed by atoms with Crippen LogP contribution in [0.3, 0.4) is 0 Å². The summed E-state index contributed by atoms with van der Waals surface area (Å²) in [4.78, 5) is 14.9. The van der Waals surface area contributed by atoms with Crippen LogP contribution in [0.1, 0.15) is 27.3 Å². The Bertz CT molecular complexity index is 1180. The predicted octanol–water partition coefficient (Wildman–Crippen LogP) is 4.16. The molecule has 0 aliphatic rings. The molecule has 6 nitrogen and oxygen atoms in total. The molecular weight excluding hydrogens is 374 g/mol. The molecule has 0 unspecified atom stereocenters. The van der Waals surface area contributed by atoms with Crippen molar-refractivity contribution in [2.24, 2.45) is 7.05 Å². The van der Waals surface area contributed by atoms with E-state index >= 15 is 0 Å². The molecule has 0 radical (unpaired) electrons. The van der Waals surface area contributed by atoms with Gasteiger partial charge in [-0.3, -0.25) is 9.48 Å². The van der Waals surface area contributed by atoms with Crippen molar-refractivity contribution in [3.05, 3.63) is 89.4 Å². The second-order valence-corrected chi connectivity index (χ2v) is 7.48. The summed E-state index contributed by atoms with van der Waals surface area (Å²) in [5.74, 6) is -0.0374. The Morgan fingerprint density at radius 1 is 0.967 bits per heavy atom. The van der Waals surface area contributed by atoms with E-state index in [1.807, 2.05) is 99.5 Å². The number of para-hydroxylation sites is 1. The van der Waals surface area contributed by atoms with Crippen molar-refractivity contribution >= 4 is 5.91 Å². The minimum Gasteiger partial charge on any atom is -0.337 e. The number of carbonyl (C=O) groups is 1. The van der Waals surface area contributed by atoms with Crippen LogP contribution in [0.25, 0.3) is 16.9 Å². The maximum absolute atomic E-state index is 13.2. The van der Waals surface area contributed by atoms with E-state index in [0.717, 1.165) is 33.9 Å². The van der Waals surface area contributed by atoms with Gasteiger partial charge in [0, 0.05) is 43.7 Å². The molecule has 0 saturated heterocycles. The second-order valence-electron chi connectivity index (χ2n) is 7.48. The van der Waals surface area contributed by atoms with Crippen LogP contribution in [0.5, 0.6) is 0 Å². The molecule has 2 aromatic carbocycles. The van der Waals surface area contributed by atoms with Gasteiger partial charge in [0.05, 0.1) is 22.6 Å². The normalized spacial score (nSPS) is 10.9. The van der Waals surface area contributed by atoms with Crippen LogP contribution < -0.4 is 0 Å². The SMILES string of the molecule is Cc1nn(C)c(C)c1C(=O)N(C)Cc1cn(-c2ccccc2)nc1-c1ccccc1. The second kappa shape index (κ2) is 7.99. The Morgan fingerprint density at radius 3 is 2.20 bits per heavy atom. The number of amides is 1. The van der Waals surface area contributed by atoms with E-state index in [1.165, 1.54) is 0 Å². The fraction of sp³-hybridized carbons (Fsp3) is 0.208. The average Bonchev–Trinajstić information content (AvgIpc) is 3.29. The molecule has 4 aromatic rings. The highest BCUT2D eigenvalue weighted by Gasteiger charge is 2.22. The van der Waals surface area contributed by atoms with Crippen molar-refractivity contribution < 1.29 is 4.79 Å². The van der Waals surface area contributed by atoms with Gasteiger partial charge in [0.15, 0.2) is 0 Å². The number of rotatable bonds is 5. The fourth-order valence-corrected chi connectivity index (χ4v) is 3.68. The largest absolute Gasteiger partial charge is 0.337 e. The number of carbonyl (C=O) groups excluding carboxylic acids is 1. The van der Waals surface area contributed by atoms with Gasteiger partial charge >= 0.3 is 0 Å². The summed E-state index contributed by atoms with van der Waals surface area (Å²) in [6.07, 6.45) is 2.00. The molecule has 30 heavy (non-hydrogen) atoms. The lowest BCUT2D eigenvalue weighted by Gasteiger charge is -2.17. The number of nitrogens with zero attached hydrogens (tertiary/aromatic N) is 5. The topological polar surface area (TPSA) is 56.0 Å². The summed E-state index contributed by atoms with van der Waals surface area (Å²) in [5, 5.41) is 9.22. The van der Waals surface area contributed by atoms with Crippen LogP contribution in [0, 0.1) is 13.8 Å². The first-order valence-corrected chi connectivity index (χ1v) is 9.90. The minimum absolute atomic E-state index is 0.0374. The molecule has 1 amide bonds. The van der Waals surface area contributed by atoms with E-state index in [-0.39, 0.29) is 5.91 Å². The predicted molar refractivity (Wildman–Crippen MR) is 117 cm³/mol. The molecular formula is C24H25N5O. The molecule has 0 saturated carbocycles. The maximum Gasteiger partial charge on any atom is 0.257 e. The zero-order valence-electron chi connectivity index (χ0n) is 17.7. The van der Waals surface area contributed by atoms with Gasteiger partial charge < -0.3 is 4.90 Å². The van der Waals surface area contributed by atoms with Crippen molar-refractivity contribution in [1.29, 1.82) is 0 Å². The number of aryl methyl sites for hydroxylation is 2. The zero-order chi connectivity index (χ0) is 21.3. The van der Waals surface area contributed by atoms with Gasteiger partial charge in [-0.05, 0) is 26.0 Å². The van der Waals surface area contributed by atoms with Gasteiger partial charge in [0.1, 0.15) is 0 Å². The van der Waals surface area contributed by atoms with Crippen molar-refractivity contribution in [1.82, 2.24) is 24.5 Å². The third-order valence-corrected chi connectivity index (χ3v) is 5.34. The standard InChI is InChI=1S/C24H25N5O/c1-17-22(18(2)28(4)25-17)24(30)27(3)15-20-16-29(21-13-9-6-10-14-21)26-23(20)19-11-7-5-8-12-19/h5-14,16H,15H2,1-4H3. The molecule has 0 aliphatic carbocycles. The lowest BCUT2D eigenvalue weighted by molar-refractivity contribution is 0.0783. The summed E-state index contributed by atoms with van der Waals surface area (Å²) in [6.45, 7) is 4.24. The van der Waals surface area contributed by atoms with Crippen LogP contribution in [0.2, 0.25) is 0 Å². The molecule has 0 fully saturated rings. The molecule has 152 valence electrons. The molecule has 0 N–H and O–H groups in total. The summed E-state index contributed by atoms with van der Waals surface area (Å²) in [6, 6.07) is 20.1. The first-order valence-electron chi connectivity index (χ1n) is 9.90. The molecule has 4 rings (SSSR count).